The number of rotatable bonds is 8. The molecule has 17 heteroatoms. The van der Waals surface area contributed by atoms with Crippen molar-refractivity contribution in [1.29, 1.82) is 0 Å². The third-order valence-corrected chi connectivity index (χ3v) is 13.7. The number of hydrogen-bond acceptors (Lipinski definition) is 12. The zero-order chi connectivity index (χ0) is 42.2. The summed E-state index contributed by atoms with van der Waals surface area (Å²) in [5, 5.41) is 24.1. The fourth-order valence-electron chi connectivity index (χ4n) is 10.3. The molecule has 1 unspecified atom stereocenters. The number of nitrogens with zero attached hydrogens (tertiary/aromatic N) is 7. The van der Waals surface area contributed by atoms with E-state index >= 15 is 8.78 Å². The standard InChI is InChI=1S/C44H46F3N9O5/c1-24-29-7-10-38(61-28-19-44(43(46)47)23-48-40-36(56(44)22-28)18-34(51-52-40)30-3-2-4-32(45)39(30)58)49-33(29)13-16-54(24)20-25-11-14-53(15-12-25)27-6-5-26-21-55(42(60)31(26)17-27)35-8-9-37(57)50-41(35)59/h2-7,10,17-18,24-25,28,35,43,58H,8-9,11-16,19-23H2,1H3,(H,48,52)(H,50,57,59)/t24-,28-,35?,44-/m1/s1. The fourth-order valence-corrected chi connectivity index (χ4v) is 10.3. The molecule has 3 N–H and O–H groups in total. The number of ether oxygens (including phenoxy) is 1. The largest absolute Gasteiger partial charge is 0.504 e. The van der Waals surface area contributed by atoms with Gasteiger partial charge in [-0.1, -0.05) is 18.2 Å². The normalized spacial score (nSPS) is 25.2. The first-order valence-corrected chi connectivity index (χ1v) is 21.0. The Morgan fingerprint density at radius 2 is 1.82 bits per heavy atom. The van der Waals surface area contributed by atoms with Crippen molar-refractivity contribution in [1.82, 2.24) is 30.3 Å². The molecule has 3 saturated heterocycles. The average molecular weight is 838 g/mol. The third-order valence-electron chi connectivity index (χ3n) is 13.7. The highest BCUT2D eigenvalue weighted by molar-refractivity contribution is 6.05. The van der Waals surface area contributed by atoms with Crippen molar-refractivity contribution in [2.45, 2.75) is 82.1 Å². The minimum absolute atomic E-state index is 0.0372. The molecule has 8 heterocycles. The number of pyridine rings is 1. The number of carbonyl (C=O) groups excluding carboxylic acids is 3. The Morgan fingerprint density at radius 1 is 0.984 bits per heavy atom. The molecule has 0 spiro atoms. The summed E-state index contributed by atoms with van der Waals surface area (Å²) >= 11 is 0. The van der Waals surface area contributed by atoms with Crippen molar-refractivity contribution < 1.29 is 37.4 Å². The molecule has 0 radical (unpaired) electrons. The van der Waals surface area contributed by atoms with Crippen molar-refractivity contribution in [3.63, 3.8) is 0 Å². The number of para-hydroxylation sites is 1. The van der Waals surface area contributed by atoms with Crippen molar-refractivity contribution in [2.24, 2.45) is 5.92 Å². The number of benzene rings is 2. The van der Waals surface area contributed by atoms with Crippen LogP contribution in [0.2, 0.25) is 0 Å². The van der Waals surface area contributed by atoms with E-state index in [4.69, 9.17) is 9.72 Å². The molecule has 4 aromatic rings. The van der Waals surface area contributed by atoms with Crippen LogP contribution in [0, 0.1) is 11.7 Å². The number of halogens is 3. The Bertz CT molecular complexity index is 2430. The molecule has 3 amide bonds. The van der Waals surface area contributed by atoms with E-state index < -0.39 is 41.6 Å². The van der Waals surface area contributed by atoms with Gasteiger partial charge in [0.05, 0.1) is 23.6 Å². The number of nitrogens with one attached hydrogen (secondary N) is 2. The van der Waals surface area contributed by atoms with Crippen LogP contribution >= 0.6 is 0 Å². The number of imide groups is 1. The van der Waals surface area contributed by atoms with Gasteiger partial charge in [-0.15, -0.1) is 10.2 Å². The minimum atomic E-state index is -2.72. The van der Waals surface area contributed by atoms with E-state index in [0.717, 1.165) is 74.0 Å². The summed E-state index contributed by atoms with van der Waals surface area (Å²) in [5.41, 5.74) is 3.67. The number of phenolic OH excluding ortho intramolecular Hbond substituents is 1. The van der Waals surface area contributed by atoms with E-state index in [-0.39, 0.29) is 55.0 Å². The summed E-state index contributed by atoms with van der Waals surface area (Å²) < 4.78 is 50.6. The second-order valence-electron chi connectivity index (χ2n) is 17.2. The second kappa shape index (κ2) is 15.2. The van der Waals surface area contributed by atoms with Gasteiger partial charge in [-0.2, -0.15) is 0 Å². The molecule has 14 nitrogen and oxygen atoms in total. The molecule has 4 atom stereocenters. The SMILES string of the molecule is C[C@@H]1c2ccc(O[C@H]3CN4c5cc(-c6cccc(F)c6O)nnc5NC[C@@]4(C(F)F)C3)nc2CCN1CC1CCN(c2ccc3c(c2)C(=O)N(C2CCC(=O)NC2=O)C3)CC1. The molecule has 0 bridgehead atoms. The van der Waals surface area contributed by atoms with Crippen molar-refractivity contribution >= 4 is 34.9 Å². The number of aromatic nitrogens is 3. The zero-order valence-corrected chi connectivity index (χ0v) is 33.6. The first kappa shape index (κ1) is 39.2. The van der Waals surface area contributed by atoms with Gasteiger partial charge in [0.1, 0.15) is 17.7 Å². The van der Waals surface area contributed by atoms with Gasteiger partial charge in [-0.25, -0.2) is 18.2 Å². The monoisotopic (exact) mass is 837 g/mol. The average Bonchev–Trinajstić information content (AvgIpc) is 3.80. The van der Waals surface area contributed by atoms with E-state index in [2.05, 4.69) is 43.6 Å². The number of fused-ring (bicyclic) bond motifs is 5. The van der Waals surface area contributed by atoms with Crippen LogP contribution in [0.1, 0.15) is 72.2 Å². The quantitative estimate of drug-likeness (QED) is 0.203. The molecule has 0 aliphatic carbocycles. The summed E-state index contributed by atoms with van der Waals surface area (Å²) in [5.74, 6) is -1.06. The van der Waals surface area contributed by atoms with Crippen LogP contribution in [0.4, 0.5) is 30.4 Å². The Balaban J connectivity index is 0.761. The van der Waals surface area contributed by atoms with Crippen LogP contribution < -0.4 is 25.2 Å². The predicted molar refractivity (Wildman–Crippen MR) is 218 cm³/mol. The van der Waals surface area contributed by atoms with Crippen LogP contribution in [0.5, 0.6) is 11.6 Å². The van der Waals surface area contributed by atoms with Gasteiger partial charge in [-0.3, -0.25) is 24.6 Å². The van der Waals surface area contributed by atoms with E-state index in [9.17, 15) is 23.9 Å². The summed E-state index contributed by atoms with van der Waals surface area (Å²) in [7, 11) is 0. The molecular weight excluding hydrogens is 792 g/mol. The number of aromatic hydroxyl groups is 1. The van der Waals surface area contributed by atoms with E-state index in [1.807, 2.05) is 24.3 Å². The lowest BCUT2D eigenvalue weighted by molar-refractivity contribution is -0.136. The molecule has 318 valence electrons. The summed E-state index contributed by atoms with van der Waals surface area (Å²) in [6, 6.07) is 15.0. The van der Waals surface area contributed by atoms with Crippen molar-refractivity contribution in [3.8, 4) is 22.9 Å². The second-order valence-corrected chi connectivity index (χ2v) is 17.2. The molecule has 10 rings (SSSR count). The number of phenols is 1. The number of amides is 3. The molecule has 2 aromatic heterocycles. The number of piperidine rings is 2. The maximum absolute atomic E-state index is 15.0. The Morgan fingerprint density at radius 3 is 2.62 bits per heavy atom. The molecule has 2 aromatic carbocycles. The Hall–Kier alpha value is -5.97. The lowest BCUT2D eigenvalue weighted by Crippen LogP contribution is -2.57. The third kappa shape index (κ3) is 6.86. The highest BCUT2D eigenvalue weighted by atomic mass is 19.3. The number of anilines is 3. The summed E-state index contributed by atoms with van der Waals surface area (Å²) in [6.07, 6.45) is 0.0364. The Kier molecular flexibility index (Phi) is 9.75. The topological polar surface area (TPSA) is 156 Å². The predicted octanol–water partition coefficient (Wildman–Crippen LogP) is 5.07. The van der Waals surface area contributed by atoms with Crippen LogP contribution in [-0.4, -0.2) is 111 Å². The van der Waals surface area contributed by atoms with Gasteiger partial charge in [0.15, 0.2) is 17.4 Å². The molecule has 61 heavy (non-hydrogen) atoms. The summed E-state index contributed by atoms with van der Waals surface area (Å²) in [4.78, 5) is 50.5. The van der Waals surface area contributed by atoms with E-state index in [1.54, 1.807) is 15.9 Å². The van der Waals surface area contributed by atoms with Crippen LogP contribution in [0.15, 0.2) is 54.6 Å². The Labute approximate surface area is 350 Å². The molecule has 0 saturated carbocycles. The van der Waals surface area contributed by atoms with Gasteiger partial charge < -0.3 is 29.9 Å². The van der Waals surface area contributed by atoms with Crippen molar-refractivity contribution in [3.05, 3.63) is 82.8 Å². The zero-order valence-electron chi connectivity index (χ0n) is 33.6. The highest BCUT2D eigenvalue weighted by Gasteiger charge is 2.56. The van der Waals surface area contributed by atoms with Gasteiger partial charge in [0.25, 0.3) is 12.3 Å². The van der Waals surface area contributed by atoms with E-state index in [0.29, 0.717) is 41.8 Å². The van der Waals surface area contributed by atoms with Crippen LogP contribution in [0.3, 0.4) is 0 Å². The molecule has 3 fully saturated rings. The first-order valence-electron chi connectivity index (χ1n) is 21.0. The van der Waals surface area contributed by atoms with Gasteiger partial charge in [0.2, 0.25) is 17.7 Å². The van der Waals surface area contributed by atoms with Crippen LogP contribution in [-0.2, 0) is 22.6 Å². The minimum Gasteiger partial charge on any atom is -0.504 e. The highest BCUT2D eigenvalue weighted by Crippen LogP contribution is 2.47. The van der Waals surface area contributed by atoms with Gasteiger partial charge >= 0.3 is 0 Å². The number of hydrogen-bond donors (Lipinski definition) is 3. The van der Waals surface area contributed by atoms with Gasteiger partial charge in [0, 0.05) is 87.5 Å². The van der Waals surface area contributed by atoms with Gasteiger partial charge in [-0.05, 0) is 73.6 Å². The fraction of sp³-hybridized carbons (Fsp3) is 0.455. The lowest BCUT2D eigenvalue weighted by Gasteiger charge is -2.43. The van der Waals surface area contributed by atoms with Crippen LogP contribution in [0.25, 0.3) is 11.3 Å². The maximum atomic E-state index is 15.0. The van der Waals surface area contributed by atoms with Crippen molar-refractivity contribution in [2.75, 3.05) is 54.4 Å². The molecule has 6 aliphatic rings. The number of alkyl halides is 2. The smallest absolute Gasteiger partial charge is 0.263 e. The molecule has 6 aliphatic heterocycles. The maximum Gasteiger partial charge on any atom is 0.263 e. The van der Waals surface area contributed by atoms with E-state index in [1.165, 1.54) is 12.1 Å². The number of carbonyl (C=O) groups is 3. The lowest BCUT2D eigenvalue weighted by atomic mass is 9.92. The first-order chi connectivity index (χ1) is 29.5. The summed E-state index contributed by atoms with van der Waals surface area (Å²) in [6.45, 7) is 6.16. The molecular formula is C44H46F3N9O5.